The molecule has 1 heterocycles. The zero-order chi connectivity index (χ0) is 12.4. The highest BCUT2D eigenvalue weighted by Crippen LogP contribution is 2.14. The van der Waals surface area contributed by atoms with Crippen molar-refractivity contribution in [1.29, 1.82) is 0 Å². The zero-order valence-electron chi connectivity index (χ0n) is 8.58. The first-order valence-corrected chi connectivity index (χ1v) is 4.78. The molecule has 2 N–H and O–H groups in total. The Morgan fingerprint density at radius 1 is 1.35 bits per heavy atom. The summed E-state index contributed by atoms with van der Waals surface area (Å²) in [4.78, 5) is 10.6. The van der Waals surface area contributed by atoms with E-state index in [9.17, 15) is 13.6 Å². The fourth-order valence-corrected chi connectivity index (χ4v) is 1.43. The molecule has 88 valence electrons. The molecule has 2 rings (SSSR count). The summed E-state index contributed by atoms with van der Waals surface area (Å²) in [6, 6.07) is 4.55. The molecule has 0 aliphatic rings. The molecule has 0 fully saturated rings. The first-order chi connectivity index (χ1) is 8.06. The molecule has 4 nitrogen and oxygen atoms in total. The summed E-state index contributed by atoms with van der Waals surface area (Å²) in [6.07, 6.45) is 0.131. The molecule has 17 heavy (non-hydrogen) atoms. The lowest BCUT2D eigenvalue weighted by molar-refractivity contribution is 0.0690. The van der Waals surface area contributed by atoms with Gasteiger partial charge in [-0.1, -0.05) is 6.07 Å². The highest BCUT2D eigenvalue weighted by Gasteiger charge is 2.10. The van der Waals surface area contributed by atoms with E-state index in [-0.39, 0.29) is 17.7 Å². The fraction of sp³-hybridized carbons (Fsp3) is 0.0909. The molecule has 0 saturated carbocycles. The lowest BCUT2D eigenvalue weighted by atomic mass is 10.1. The van der Waals surface area contributed by atoms with Crippen LogP contribution in [-0.4, -0.2) is 21.3 Å². The van der Waals surface area contributed by atoms with Gasteiger partial charge in [-0.25, -0.2) is 13.6 Å². The number of hydrogen-bond donors (Lipinski definition) is 2. The Kier molecular flexibility index (Phi) is 2.86. The molecule has 0 atom stereocenters. The monoisotopic (exact) mass is 238 g/mol. The lowest BCUT2D eigenvalue weighted by Gasteiger charge is -2.00. The second kappa shape index (κ2) is 4.32. The molecule has 0 spiro atoms. The number of H-pyrrole nitrogens is 1. The van der Waals surface area contributed by atoms with Crippen molar-refractivity contribution in [2.75, 3.05) is 0 Å². The third-order valence-electron chi connectivity index (χ3n) is 2.25. The van der Waals surface area contributed by atoms with E-state index in [1.165, 1.54) is 12.1 Å². The quantitative estimate of drug-likeness (QED) is 0.859. The van der Waals surface area contributed by atoms with Crippen LogP contribution in [0.15, 0.2) is 24.3 Å². The molecule has 1 aromatic heterocycles. The van der Waals surface area contributed by atoms with Crippen molar-refractivity contribution >= 4 is 5.97 Å². The molecule has 0 unspecified atom stereocenters. The van der Waals surface area contributed by atoms with Crippen molar-refractivity contribution in [2.45, 2.75) is 6.42 Å². The van der Waals surface area contributed by atoms with E-state index < -0.39 is 17.6 Å². The van der Waals surface area contributed by atoms with Gasteiger partial charge in [0.05, 0.1) is 0 Å². The van der Waals surface area contributed by atoms with E-state index >= 15 is 0 Å². The number of nitrogens with zero attached hydrogens (tertiary/aromatic N) is 1. The number of carboxylic acid groups (broad SMARTS) is 1. The van der Waals surface area contributed by atoms with Gasteiger partial charge in [0.2, 0.25) is 0 Å². The number of aromatic amines is 1. The van der Waals surface area contributed by atoms with Crippen molar-refractivity contribution in [1.82, 2.24) is 10.2 Å². The van der Waals surface area contributed by atoms with E-state index in [4.69, 9.17) is 5.11 Å². The number of halogens is 2. The van der Waals surface area contributed by atoms with Crippen LogP contribution in [0.2, 0.25) is 0 Å². The molecular weight excluding hydrogens is 230 g/mol. The number of benzene rings is 1. The number of aromatic nitrogens is 2. The Balaban J connectivity index is 2.22. The molecule has 2 aromatic rings. The predicted molar refractivity (Wildman–Crippen MR) is 54.7 cm³/mol. The van der Waals surface area contributed by atoms with Gasteiger partial charge in [0.25, 0.3) is 0 Å². The van der Waals surface area contributed by atoms with Crippen molar-refractivity contribution in [3.05, 3.63) is 52.9 Å². The largest absolute Gasteiger partial charge is 0.476 e. The zero-order valence-corrected chi connectivity index (χ0v) is 8.58. The molecule has 0 bridgehead atoms. The SMILES string of the molecule is O=C(O)c1cc(Cc2ccc(F)cc2F)[nH]n1. The van der Waals surface area contributed by atoms with Gasteiger partial charge in [-0.3, -0.25) is 5.10 Å². The van der Waals surface area contributed by atoms with Crippen molar-refractivity contribution in [3.63, 3.8) is 0 Å². The Labute approximate surface area is 94.9 Å². The van der Waals surface area contributed by atoms with E-state index in [2.05, 4.69) is 10.2 Å². The number of nitrogens with one attached hydrogen (secondary N) is 1. The van der Waals surface area contributed by atoms with E-state index in [1.807, 2.05) is 0 Å². The highest BCUT2D eigenvalue weighted by molar-refractivity contribution is 5.85. The maximum atomic E-state index is 13.3. The molecule has 6 heteroatoms. The maximum absolute atomic E-state index is 13.3. The van der Waals surface area contributed by atoms with Crippen molar-refractivity contribution in [2.24, 2.45) is 0 Å². The number of rotatable bonds is 3. The summed E-state index contributed by atoms with van der Waals surface area (Å²) in [6.45, 7) is 0. The average Bonchev–Trinajstić information content (AvgIpc) is 2.71. The molecule has 0 radical (unpaired) electrons. The Hall–Kier alpha value is -2.24. The molecule has 0 amide bonds. The maximum Gasteiger partial charge on any atom is 0.356 e. The summed E-state index contributed by atoms with van der Waals surface area (Å²) in [5.74, 6) is -2.48. The third-order valence-corrected chi connectivity index (χ3v) is 2.25. The molecule has 0 aliphatic carbocycles. The normalized spacial score (nSPS) is 10.5. The third kappa shape index (κ3) is 2.47. The average molecular weight is 238 g/mol. The Bertz CT molecular complexity index is 566. The van der Waals surface area contributed by atoms with Crippen LogP contribution in [0.25, 0.3) is 0 Å². The molecular formula is C11H8F2N2O2. The van der Waals surface area contributed by atoms with Gasteiger partial charge in [0, 0.05) is 18.2 Å². The summed E-state index contributed by atoms with van der Waals surface area (Å²) in [5.41, 5.74) is 0.586. The van der Waals surface area contributed by atoms with Crippen LogP contribution in [0.3, 0.4) is 0 Å². The summed E-state index contributed by atoms with van der Waals surface area (Å²) >= 11 is 0. The number of aromatic carboxylic acids is 1. The van der Waals surface area contributed by atoms with Crippen LogP contribution in [0.1, 0.15) is 21.7 Å². The summed E-state index contributed by atoms with van der Waals surface area (Å²) in [7, 11) is 0. The molecule has 1 aromatic carbocycles. The minimum atomic E-state index is -1.16. The smallest absolute Gasteiger partial charge is 0.356 e. The van der Waals surface area contributed by atoms with Crippen LogP contribution in [-0.2, 0) is 6.42 Å². The second-order valence-electron chi connectivity index (χ2n) is 3.50. The number of carbonyl (C=O) groups is 1. The van der Waals surface area contributed by atoms with Gasteiger partial charge >= 0.3 is 5.97 Å². The first kappa shape index (κ1) is 11.3. The van der Waals surface area contributed by atoms with Gasteiger partial charge in [0.1, 0.15) is 11.6 Å². The van der Waals surface area contributed by atoms with Gasteiger partial charge in [-0.2, -0.15) is 5.10 Å². The number of hydrogen-bond acceptors (Lipinski definition) is 2. The van der Waals surface area contributed by atoms with Crippen LogP contribution < -0.4 is 0 Å². The van der Waals surface area contributed by atoms with Crippen molar-refractivity contribution in [3.8, 4) is 0 Å². The van der Waals surface area contributed by atoms with Crippen LogP contribution in [0, 0.1) is 11.6 Å². The van der Waals surface area contributed by atoms with Crippen LogP contribution in [0.5, 0.6) is 0 Å². The van der Waals surface area contributed by atoms with E-state index in [1.54, 1.807) is 0 Å². The Morgan fingerprint density at radius 2 is 2.12 bits per heavy atom. The second-order valence-corrected chi connectivity index (χ2v) is 3.50. The minimum Gasteiger partial charge on any atom is -0.476 e. The van der Waals surface area contributed by atoms with Gasteiger partial charge < -0.3 is 5.11 Å². The fourth-order valence-electron chi connectivity index (χ4n) is 1.43. The van der Waals surface area contributed by atoms with Crippen LogP contribution in [0.4, 0.5) is 8.78 Å². The predicted octanol–water partition coefficient (Wildman–Crippen LogP) is 1.98. The lowest BCUT2D eigenvalue weighted by Crippen LogP contribution is -1.95. The minimum absolute atomic E-state index is 0.131. The van der Waals surface area contributed by atoms with E-state index in [0.29, 0.717) is 5.69 Å². The van der Waals surface area contributed by atoms with Crippen LogP contribution >= 0.6 is 0 Å². The van der Waals surface area contributed by atoms with E-state index in [0.717, 1.165) is 12.1 Å². The summed E-state index contributed by atoms with van der Waals surface area (Å²) < 4.78 is 26.0. The first-order valence-electron chi connectivity index (χ1n) is 4.78. The number of carboxylic acids is 1. The highest BCUT2D eigenvalue weighted by atomic mass is 19.1. The van der Waals surface area contributed by atoms with Gasteiger partial charge in [0.15, 0.2) is 5.69 Å². The van der Waals surface area contributed by atoms with Gasteiger partial charge in [-0.15, -0.1) is 0 Å². The van der Waals surface area contributed by atoms with Gasteiger partial charge in [-0.05, 0) is 17.7 Å². The molecule has 0 saturated heterocycles. The standard InChI is InChI=1S/C11H8F2N2O2/c12-7-2-1-6(9(13)4-7)3-8-5-10(11(16)17)15-14-8/h1-2,4-5H,3H2,(H,14,15)(H,16,17). The summed E-state index contributed by atoms with van der Waals surface area (Å²) in [5, 5.41) is 14.7. The van der Waals surface area contributed by atoms with Crippen molar-refractivity contribution < 1.29 is 18.7 Å². The Morgan fingerprint density at radius 3 is 2.71 bits per heavy atom. The topological polar surface area (TPSA) is 66.0 Å². The molecule has 0 aliphatic heterocycles.